The van der Waals surface area contributed by atoms with Crippen LogP contribution >= 0.6 is 23.2 Å². The summed E-state index contributed by atoms with van der Waals surface area (Å²) in [7, 11) is -2.12. The fourth-order valence-corrected chi connectivity index (χ4v) is 6.38. The number of hydrogen-bond donors (Lipinski definition) is 1. The average Bonchev–Trinajstić information content (AvgIpc) is 2.93. The molecule has 1 heterocycles. The molecule has 0 aromatic heterocycles. The van der Waals surface area contributed by atoms with Crippen LogP contribution < -0.4 is 5.32 Å². The highest BCUT2D eigenvalue weighted by atomic mass is 35.5. The number of nitrogens with one attached hydrogen (secondary N) is 1. The molecule has 0 aliphatic carbocycles. The zero-order chi connectivity index (χ0) is 28.0. The van der Waals surface area contributed by atoms with Gasteiger partial charge in [-0.25, -0.2) is 8.42 Å². The standard InChI is InChI=1S/C28H30Cl2N4O4S/c1-32-15-17-33(18-16-32)28(36)22-7-10-24(11-8-22)31-27(35)20-34(14-13-21-5-3-2-4-6-21)39(37,38)26-19-23(29)9-12-25(26)30/h2-12,19H,13-18,20H2,1H3,(H,31,35). The summed E-state index contributed by atoms with van der Waals surface area (Å²) in [5, 5.41) is 2.97. The molecule has 1 saturated heterocycles. The Morgan fingerprint density at radius 2 is 1.59 bits per heavy atom. The summed E-state index contributed by atoms with van der Waals surface area (Å²) >= 11 is 12.3. The molecular weight excluding hydrogens is 559 g/mol. The van der Waals surface area contributed by atoms with E-state index in [1.807, 2.05) is 42.3 Å². The third-order valence-corrected chi connectivity index (χ3v) is 9.09. The van der Waals surface area contributed by atoms with Crippen LogP contribution in [0.2, 0.25) is 10.0 Å². The Hall–Kier alpha value is -2.95. The van der Waals surface area contributed by atoms with Crippen molar-refractivity contribution in [3.05, 3.63) is 94.0 Å². The summed E-state index contributed by atoms with van der Waals surface area (Å²) in [5.41, 5.74) is 1.91. The molecule has 0 spiro atoms. The van der Waals surface area contributed by atoms with Crippen molar-refractivity contribution in [1.82, 2.24) is 14.1 Å². The molecule has 11 heteroatoms. The number of carbonyl (C=O) groups is 2. The molecule has 206 valence electrons. The Labute approximate surface area is 239 Å². The Kier molecular flexibility index (Phi) is 9.63. The molecule has 39 heavy (non-hydrogen) atoms. The number of benzene rings is 3. The van der Waals surface area contributed by atoms with Gasteiger partial charge in [-0.3, -0.25) is 9.59 Å². The first kappa shape index (κ1) is 29.0. The number of sulfonamides is 1. The molecule has 0 unspecified atom stereocenters. The zero-order valence-electron chi connectivity index (χ0n) is 21.5. The van der Waals surface area contributed by atoms with E-state index in [4.69, 9.17) is 23.2 Å². The first-order chi connectivity index (χ1) is 18.6. The van der Waals surface area contributed by atoms with Gasteiger partial charge >= 0.3 is 0 Å². The van der Waals surface area contributed by atoms with Gasteiger partial charge in [0.2, 0.25) is 15.9 Å². The van der Waals surface area contributed by atoms with Crippen LogP contribution in [0.25, 0.3) is 0 Å². The lowest BCUT2D eigenvalue weighted by atomic mass is 10.1. The predicted octanol–water partition coefficient (Wildman–Crippen LogP) is 4.25. The van der Waals surface area contributed by atoms with Crippen molar-refractivity contribution in [3.63, 3.8) is 0 Å². The van der Waals surface area contributed by atoms with Gasteiger partial charge < -0.3 is 15.1 Å². The molecule has 1 aliphatic rings. The number of carbonyl (C=O) groups excluding carboxylic acids is 2. The smallest absolute Gasteiger partial charge is 0.253 e. The van der Waals surface area contributed by atoms with E-state index in [9.17, 15) is 18.0 Å². The summed E-state index contributed by atoms with van der Waals surface area (Å²) in [6.45, 7) is 2.60. The van der Waals surface area contributed by atoms with Crippen molar-refractivity contribution >= 4 is 50.7 Å². The fraction of sp³-hybridized carbons (Fsp3) is 0.286. The molecule has 1 aliphatic heterocycles. The maximum absolute atomic E-state index is 13.6. The minimum Gasteiger partial charge on any atom is -0.336 e. The Morgan fingerprint density at radius 1 is 0.923 bits per heavy atom. The number of likely N-dealkylation sites (N-methyl/N-ethyl adjacent to an activating group) is 1. The average molecular weight is 590 g/mol. The van der Waals surface area contributed by atoms with Gasteiger partial charge in [0.15, 0.2) is 0 Å². The Balaban J connectivity index is 1.47. The van der Waals surface area contributed by atoms with Crippen LogP contribution in [0.1, 0.15) is 15.9 Å². The zero-order valence-corrected chi connectivity index (χ0v) is 23.8. The van der Waals surface area contributed by atoms with Crippen LogP contribution in [0, 0.1) is 0 Å². The van der Waals surface area contributed by atoms with E-state index in [0.717, 1.165) is 23.0 Å². The molecule has 8 nitrogen and oxygen atoms in total. The van der Waals surface area contributed by atoms with E-state index < -0.39 is 22.5 Å². The summed E-state index contributed by atoms with van der Waals surface area (Å²) in [6.07, 6.45) is 0.397. The number of rotatable bonds is 9. The van der Waals surface area contributed by atoms with E-state index in [1.54, 1.807) is 24.3 Å². The highest BCUT2D eigenvalue weighted by molar-refractivity contribution is 7.89. The number of halogens is 2. The maximum atomic E-state index is 13.6. The van der Waals surface area contributed by atoms with E-state index in [-0.39, 0.29) is 27.4 Å². The summed E-state index contributed by atoms with van der Waals surface area (Å²) < 4.78 is 28.2. The van der Waals surface area contributed by atoms with Crippen molar-refractivity contribution in [2.24, 2.45) is 0 Å². The third-order valence-electron chi connectivity index (χ3n) is 6.53. The molecule has 0 saturated carbocycles. The molecule has 2 amide bonds. The van der Waals surface area contributed by atoms with Crippen LogP contribution in [0.3, 0.4) is 0 Å². The second-order valence-electron chi connectivity index (χ2n) is 9.37. The molecule has 1 N–H and O–H groups in total. The topological polar surface area (TPSA) is 90.0 Å². The second-order valence-corrected chi connectivity index (χ2v) is 12.1. The van der Waals surface area contributed by atoms with E-state index in [1.165, 1.54) is 18.2 Å². The lowest BCUT2D eigenvalue weighted by molar-refractivity contribution is -0.116. The van der Waals surface area contributed by atoms with Gasteiger partial charge in [-0.1, -0.05) is 53.5 Å². The van der Waals surface area contributed by atoms with Gasteiger partial charge in [0.25, 0.3) is 5.91 Å². The van der Waals surface area contributed by atoms with Gasteiger partial charge in [0.05, 0.1) is 11.6 Å². The van der Waals surface area contributed by atoms with Crippen molar-refractivity contribution in [1.29, 1.82) is 0 Å². The van der Waals surface area contributed by atoms with Crippen molar-refractivity contribution in [2.75, 3.05) is 51.6 Å². The normalized spacial score (nSPS) is 14.4. The predicted molar refractivity (Wildman–Crippen MR) is 154 cm³/mol. The van der Waals surface area contributed by atoms with Gasteiger partial charge in [-0.15, -0.1) is 0 Å². The number of piperazine rings is 1. The molecular formula is C28H30Cl2N4O4S. The van der Waals surface area contributed by atoms with Gasteiger partial charge in [0, 0.05) is 49.0 Å². The quantitative estimate of drug-likeness (QED) is 0.403. The highest BCUT2D eigenvalue weighted by Gasteiger charge is 2.29. The van der Waals surface area contributed by atoms with Crippen LogP contribution in [0.5, 0.6) is 0 Å². The van der Waals surface area contributed by atoms with Crippen molar-refractivity contribution in [2.45, 2.75) is 11.3 Å². The molecule has 4 rings (SSSR count). The van der Waals surface area contributed by atoms with Crippen LogP contribution in [-0.2, 0) is 21.2 Å². The first-order valence-corrected chi connectivity index (χ1v) is 14.7. The number of hydrogen-bond acceptors (Lipinski definition) is 5. The summed E-state index contributed by atoms with van der Waals surface area (Å²) in [6, 6.07) is 20.2. The first-order valence-electron chi connectivity index (χ1n) is 12.5. The van der Waals surface area contributed by atoms with Crippen LogP contribution in [0.15, 0.2) is 77.7 Å². The van der Waals surface area contributed by atoms with Gasteiger partial charge in [-0.05, 0) is 61.5 Å². The summed E-state index contributed by atoms with van der Waals surface area (Å²) in [4.78, 5) is 29.6. The van der Waals surface area contributed by atoms with Crippen molar-refractivity contribution < 1.29 is 18.0 Å². The second kappa shape index (κ2) is 12.9. The number of amides is 2. The molecule has 0 atom stereocenters. The third kappa shape index (κ3) is 7.58. The number of anilines is 1. The van der Waals surface area contributed by atoms with E-state index >= 15 is 0 Å². The number of nitrogens with zero attached hydrogens (tertiary/aromatic N) is 3. The largest absolute Gasteiger partial charge is 0.336 e. The molecule has 3 aromatic rings. The van der Waals surface area contributed by atoms with Gasteiger partial charge in [0.1, 0.15) is 4.90 Å². The summed E-state index contributed by atoms with van der Waals surface area (Å²) in [5.74, 6) is -0.583. The van der Waals surface area contributed by atoms with E-state index in [2.05, 4.69) is 10.2 Å². The fourth-order valence-electron chi connectivity index (χ4n) is 4.25. The monoisotopic (exact) mass is 588 g/mol. The van der Waals surface area contributed by atoms with Gasteiger partial charge in [-0.2, -0.15) is 4.31 Å². The molecule has 0 radical (unpaired) electrons. The minimum absolute atomic E-state index is 0.0186. The van der Waals surface area contributed by atoms with E-state index in [0.29, 0.717) is 30.8 Å². The Bertz CT molecular complexity index is 1410. The molecule has 0 bridgehead atoms. The Morgan fingerprint density at radius 3 is 2.26 bits per heavy atom. The molecule has 1 fully saturated rings. The van der Waals surface area contributed by atoms with Crippen LogP contribution in [0.4, 0.5) is 5.69 Å². The minimum atomic E-state index is -4.14. The van der Waals surface area contributed by atoms with Crippen molar-refractivity contribution in [3.8, 4) is 0 Å². The lowest BCUT2D eigenvalue weighted by Crippen LogP contribution is -2.47. The lowest BCUT2D eigenvalue weighted by Gasteiger charge is -2.32. The SMILES string of the molecule is CN1CCN(C(=O)c2ccc(NC(=O)CN(CCc3ccccc3)S(=O)(=O)c3cc(Cl)ccc3Cl)cc2)CC1. The maximum Gasteiger partial charge on any atom is 0.253 e. The molecule has 3 aromatic carbocycles. The highest BCUT2D eigenvalue weighted by Crippen LogP contribution is 2.28. The van der Waals surface area contributed by atoms with Crippen LogP contribution in [-0.4, -0.2) is 80.7 Å².